The van der Waals surface area contributed by atoms with Gasteiger partial charge in [-0.1, -0.05) is 13.0 Å². The van der Waals surface area contributed by atoms with Crippen molar-refractivity contribution in [2.24, 2.45) is 5.92 Å². The molecule has 4 rings (SSSR count). The number of sulfonamides is 1. The number of H-pyrrole nitrogens is 1. The molecule has 0 unspecified atom stereocenters. The Labute approximate surface area is 187 Å². The van der Waals surface area contributed by atoms with Crippen LogP contribution in [0.15, 0.2) is 53.4 Å². The van der Waals surface area contributed by atoms with Crippen molar-refractivity contribution in [2.75, 3.05) is 18.4 Å². The van der Waals surface area contributed by atoms with E-state index in [1.54, 1.807) is 30.3 Å². The molecular formula is C23H26N4O4S. The Kier molecular flexibility index (Phi) is 6.03. The number of hydrogen-bond acceptors (Lipinski definition) is 5. The monoisotopic (exact) mass is 454 g/mol. The molecule has 1 aromatic heterocycles. The number of benzene rings is 2. The standard InChI is InChI=1S/C23H26N4O4S/c1-15-9-11-27(12-10-15)32(30,31)18-6-4-17(5-7-18)24-23(29)21-14-20(25-26-21)19-8-3-16(2)13-22(19)28/h3-8,13-15,28H,9-12H2,1-2H3,(H,24,29)(H,25,26). The van der Waals surface area contributed by atoms with Crippen LogP contribution in [-0.2, 0) is 10.0 Å². The lowest BCUT2D eigenvalue weighted by Gasteiger charge is -2.29. The van der Waals surface area contributed by atoms with Crippen molar-refractivity contribution in [1.82, 2.24) is 14.5 Å². The summed E-state index contributed by atoms with van der Waals surface area (Å²) in [4.78, 5) is 12.8. The average molecular weight is 455 g/mol. The number of amides is 1. The number of phenolic OH excluding ortho intramolecular Hbond substituents is 1. The summed E-state index contributed by atoms with van der Waals surface area (Å²) in [6, 6.07) is 12.9. The van der Waals surface area contributed by atoms with Gasteiger partial charge in [-0.3, -0.25) is 9.89 Å². The zero-order valence-corrected chi connectivity index (χ0v) is 18.8. The second-order valence-electron chi connectivity index (χ2n) is 8.25. The molecule has 1 amide bonds. The van der Waals surface area contributed by atoms with E-state index < -0.39 is 15.9 Å². The van der Waals surface area contributed by atoms with Crippen molar-refractivity contribution in [1.29, 1.82) is 0 Å². The quantitative estimate of drug-likeness (QED) is 0.543. The van der Waals surface area contributed by atoms with Crippen molar-refractivity contribution in [3.63, 3.8) is 0 Å². The first kappa shape index (κ1) is 22.0. The van der Waals surface area contributed by atoms with Crippen LogP contribution in [0.25, 0.3) is 11.3 Å². The fraction of sp³-hybridized carbons (Fsp3) is 0.304. The highest BCUT2D eigenvalue weighted by atomic mass is 32.2. The van der Waals surface area contributed by atoms with E-state index in [0.29, 0.717) is 36.0 Å². The van der Waals surface area contributed by atoms with Gasteiger partial charge in [-0.05, 0) is 73.7 Å². The fourth-order valence-corrected chi connectivity index (χ4v) is 5.19. The van der Waals surface area contributed by atoms with Crippen molar-refractivity contribution in [2.45, 2.75) is 31.6 Å². The number of carbonyl (C=O) groups excluding carboxylic acids is 1. The second-order valence-corrected chi connectivity index (χ2v) is 10.2. The highest BCUT2D eigenvalue weighted by molar-refractivity contribution is 7.89. The summed E-state index contributed by atoms with van der Waals surface area (Å²) in [5.74, 6) is 0.205. The molecule has 8 nitrogen and oxygen atoms in total. The smallest absolute Gasteiger partial charge is 0.273 e. The van der Waals surface area contributed by atoms with Gasteiger partial charge in [0.25, 0.3) is 5.91 Å². The Morgan fingerprint density at radius 3 is 2.47 bits per heavy atom. The predicted octanol–water partition coefficient (Wildman–Crippen LogP) is 3.76. The Bertz CT molecular complexity index is 1230. The van der Waals surface area contributed by atoms with Crippen molar-refractivity contribution < 1.29 is 18.3 Å². The third-order valence-corrected chi connectivity index (χ3v) is 7.66. The van der Waals surface area contributed by atoms with Crippen molar-refractivity contribution in [3.8, 4) is 17.0 Å². The number of aromatic nitrogens is 2. The van der Waals surface area contributed by atoms with Gasteiger partial charge in [0, 0.05) is 24.3 Å². The van der Waals surface area contributed by atoms with Gasteiger partial charge >= 0.3 is 0 Å². The number of hydrogen-bond donors (Lipinski definition) is 3. The molecule has 2 heterocycles. The number of carbonyl (C=O) groups is 1. The Balaban J connectivity index is 1.45. The first-order valence-corrected chi connectivity index (χ1v) is 11.9. The summed E-state index contributed by atoms with van der Waals surface area (Å²) in [7, 11) is -3.54. The Morgan fingerprint density at radius 2 is 1.81 bits per heavy atom. The molecule has 1 fully saturated rings. The van der Waals surface area contributed by atoms with E-state index in [2.05, 4.69) is 22.4 Å². The van der Waals surface area contributed by atoms with Crippen molar-refractivity contribution >= 4 is 21.6 Å². The minimum atomic E-state index is -3.54. The molecule has 0 saturated carbocycles. The van der Waals surface area contributed by atoms with Crippen LogP contribution in [0.3, 0.4) is 0 Å². The SMILES string of the molecule is Cc1ccc(-c2cc(C(=O)Nc3ccc(S(=O)(=O)N4CCC(C)CC4)cc3)[nH]n2)c(O)c1. The summed E-state index contributed by atoms with van der Waals surface area (Å²) in [6.45, 7) is 5.06. The number of rotatable bonds is 5. The maximum Gasteiger partial charge on any atom is 0.273 e. The van der Waals surface area contributed by atoms with Crippen LogP contribution in [0.5, 0.6) is 5.75 Å². The molecule has 1 aliphatic rings. The summed E-state index contributed by atoms with van der Waals surface area (Å²) >= 11 is 0. The molecule has 1 aliphatic heterocycles. The fourth-order valence-electron chi connectivity index (χ4n) is 3.72. The molecule has 0 radical (unpaired) electrons. The first-order valence-electron chi connectivity index (χ1n) is 10.5. The van der Waals surface area contributed by atoms with Crippen molar-refractivity contribution in [3.05, 3.63) is 59.8 Å². The van der Waals surface area contributed by atoms with Gasteiger partial charge in [-0.15, -0.1) is 0 Å². The normalized spacial score (nSPS) is 15.6. The van der Waals surface area contributed by atoms with E-state index in [1.807, 2.05) is 13.0 Å². The number of phenols is 1. The molecule has 1 saturated heterocycles. The second kappa shape index (κ2) is 8.76. The zero-order chi connectivity index (χ0) is 22.9. The molecule has 0 atom stereocenters. The number of aryl methyl sites for hydroxylation is 1. The minimum Gasteiger partial charge on any atom is -0.507 e. The molecule has 0 spiro atoms. The van der Waals surface area contributed by atoms with Gasteiger partial charge in [0.05, 0.1) is 10.6 Å². The largest absolute Gasteiger partial charge is 0.507 e. The maximum absolute atomic E-state index is 12.8. The topological polar surface area (TPSA) is 115 Å². The minimum absolute atomic E-state index is 0.0865. The molecule has 3 N–H and O–H groups in total. The van der Waals surface area contributed by atoms with E-state index in [4.69, 9.17) is 0 Å². The van der Waals surface area contributed by atoms with Crippen LogP contribution in [0, 0.1) is 12.8 Å². The van der Waals surface area contributed by atoms with Gasteiger partial charge in [0.1, 0.15) is 11.4 Å². The Hall–Kier alpha value is -3.17. The summed E-state index contributed by atoms with van der Waals surface area (Å²) in [5, 5.41) is 19.6. The third kappa shape index (κ3) is 4.53. The van der Waals surface area contributed by atoms with E-state index in [-0.39, 0.29) is 16.3 Å². The van der Waals surface area contributed by atoms with Gasteiger partial charge in [0.15, 0.2) is 0 Å². The maximum atomic E-state index is 12.8. The Morgan fingerprint density at radius 1 is 1.12 bits per heavy atom. The molecule has 32 heavy (non-hydrogen) atoms. The lowest BCUT2D eigenvalue weighted by Crippen LogP contribution is -2.37. The summed E-state index contributed by atoms with van der Waals surface area (Å²) in [6.07, 6.45) is 1.72. The number of piperidine rings is 1. The van der Waals surface area contributed by atoms with E-state index >= 15 is 0 Å². The van der Waals surface area contributed by atoms with E-state index in [1.165, 1.54) is 16.4 Å². The number of nitrogens with one attached hydrogen (secondary N) is 2. The molecule has 168 valence electrons. The summed E-state index contributed by atoms with van der Waals surface area (Å²) in [5.41, 5.74) is 2.58. The van der Waals surface area contributed by atoms with Crippen LogP contribution >= 0.6 is 0 Å². The predicted molar refractivity (Wildman–Crippen MR) is 122 cm³/mol. The number of anilines is 1. The highest BCUT2D eigenvalue weighted by Gasteiger charge is 2.28. The average Bonchev–Trinajstić information content (AvgIpc) is 3.24. The van der Waals surface area contributed by atoms with Gasteiger partial charge in [-0.25, -0.2) is 8.42 Å². The van der Waals surface area contributed by atoms with E-state index in [9.17, 15) is 18.3 Å². The number of aromatic amines is 1. The van der Waals surface area contributed by atoms with Crippen LogP contribution in [-0.4, -0.2) is 47.0 Å². The molecular weight excluding hydrogens is 428 g/mol. The van der Waals surface area contributed by atoms with Crippen LogP contribution in [0.4, 0.5) is 5.69 Å². The number of aromatic hydroxyl groups is 1. The molecule has 0 bridgehead atoms. The molecule has 2 aromatic carbocycles. The van der Waals surface area contributed by atoms with Crippen LogP contribution in [0.2, 0.25) is 0 Å². The third-order valence-electron chi connectivity index (χ3n) is 5.74. The first-order chi connectivity index (χ1) is 15.2. The molecule has 0 aliphatic carbocycles. The molecule has 9 heteroatoms. The van der Waals surface area contributed by atoms with Gasteiger partial charge < -0.3 is 10.4 Å². The lowest BCUT2D eigenvalue weighted by atomic mass is 10.0. The van der Waals surface area contributed by atoms with Crippen LogP contribution in [0.1, 0.15) is 35.8 Å². The molecule has 3 aromatic rings. The highest BCUT2D eigenvalue weighted by Crippen LogP contribution is 2.29. The van der Waals surface area contributed by atoms with Gasteiger partial charge in [-0.2, -0.15) is 9.40 Å². The lowest BCUT2D eigenvalue weighted by molar-refractivity contribution is 0.102. The van der Waals surface area contributed by atoms with Gasteiger partial charge in [0.2, 0.25) is 10.0 Å². The summed E-state index contributed by atoms with van der Waals surface area (Å²) < 4.78 is 27.2. The van der Waals surface area contributed by atoms with Crippen LogP contribution < -0.4 is 5.32 Å². The van der Waals surface area contributed by atoms with E-state index in [0.717, 1.165) is 18.4 Å². The number of nitrogens with zero attached hydrogens (tertiary/aromatic N) is 2. The zero-order valence-electron chi connectivity index (χ0n) is 18.0.